The first kappa shape index (κ1) is 19.8. The number of imidazole rings is 1. The number of hydrogen-bond acceptors (Lipinski definition) is 5. The van der Waals surface area contributed by atoms with E-state index in [0.29, 0.717) is 22.5 Å². The molecule has 2 heterocycles. The Balaban J connectivity index is 2.15. The van der Waals surface area contributed by atoms with Crippen LogP contribution in [0, 0.1) is 6.92 Å². The zero-order valence-corrected chi connectivity index (χ0v) is 15.6. The van der Waals surface area contributed by atoms with Gasteiger partial charge in [-0.2, -0.15) is 13.2 Å². The van der Waals surface area contributed by atoms with Crippen LogP contribution in [0.3, 0.4) is 0 Å². The molecule has 0 aliphatic rings. The lowest BCUT2D eigenvalue weighted by Gasteiger charge is -2.16. The molecule has 0 amide bonds. The molecule has 28 heavy (non-hydrogen) atoms. The van der Waals surface area contributed by atoms with E-state index in [4.69, 9.17) is 5.14 Å². The highest BCUT2D eigenvalue weighted by Gasteiger charge is 2.31. The number of sulfonamides is 1. The van der Waals surface area contributed by atoms with Gasteiger partial charge in [-0.3, -0.25) is 0 Å². The molecule has 148 valence electrons. The first-order valence-corrected chi connectivity index (χ1v) is 9.46. The molecular formula is C17H16F3N5O2S. The maximum absolute atomic E-state index is 13.0. The van der Waals surface area contributed by atoms with Crippen LogP contribution in [0.2, 0.25) is 0 Å². The largest absolute Gasteiger partial charge is 0.416 e. The van der Waals surface area contributed by atoms with E-state index >= 15 is 0 Å². The second kappa shape index (κ2) is 6.91. The smallest absolute Gasteiger partial charge is 0.340 e. The van der Waals surface area contributed by atoms with Crippen LogP contribution in [0.4, 0.5) is 24.7 Å². The van der Waals surface area contributed by atoms with Gasteiger partial charge in [0.1, 0.15) is 5.82 Å². The summed E-state index contributed by atoms with van der Waals surface area (Å²) in [4.78, 5) is 8.02. The summed E-state index contributed by atoms with van der Waals surface area (Å²) >= 11 is 0. The quantitative estimate of drug-likeness (QED) is 0.686. The number of benzene rings is 1. The van der Waals surface area contributed by atoms with Gasteiger partial charge >= 0.3 is 6.18 Å². The highest BCUT2D eigenvalue weighted by molar-refractivity contribution is 7.89. The molecule has 3 N–H and O–H groups in total. The van der Waals surface area contributed by atoms with E-state index in [0.717, 1.165) is 18.3 Å². The number of nitrogens with two attached hydrogens (primary N) is 1. The number of hydrogen-bond donors (Lipinski definition) is 2. The third-order valence-corrected chi connectivity index (χ3v) is 5.09. The molecule has 0 bridgehead atoms. The maximum atomic E-state index is 13.0. The molecule has 0 fully saturated rings. The van der Waals surface area contributed by atoms with E-state index in [-0.39, 0.29) is 10.7 Å². The Morgan fingerprint density at radius 1 is 1.18 bits per heavy atom. The van der Waals surface area contributed by atoms with Crippen LogP contribution in [0.25, 0.3) is 11.3 Å². The van der Waals surface area contributed by atoms with Crippen molar-refractivity contribution in [1.29, 1.82) is 0 Å². The Bertz CT molecular complexity index is 1140. The summed E-state index contributed by atoms with van der Waals surface area (Å²) in [6.45, 7) is 1.55. The molecule has 3 rings (SSSR count). The van der Waals surface area contributed by atoms with E-state index in [9.17, 15) is 21.6 Å². The summed E-state index contributed by atoms with van der Waals surface area (Å²) in [7, 11) is -2.27. The Morgan fingerprint density at radius 3 is 2.46 bits per heavy atom. The summed E-state index contributed by atoms with van der Waals surface area (Å²) in [6, 6.07) is 4.43. The second-order valence-corrected chi connectivity index (χ2v) is 7.66. The minimum atomic E-state index is -4.52. The molecule has 0 saturated carbocycles. The lowest BCUT2D eigenvalue weighted by atomic mass is 10.0. The van der Waals surface area contributed by atoms with Gasteiger partial charge in [0.2, 0.25) is 10.0 Å². The highest BCUT2D eigenvalue weighted by Crippen LogP contribution is 2.36. The molecule has 11 heteroatoms. The van der Waals surface area contributed by atoms with Gasteiger partial charge in [0.15, 0.2) is 0 Å². The van der Waals surface area contributed by atoms with Crippen LogP contribution < -0.4 is 10.5 Å². The van der Waals surface area contributed by atoms with Crippen molar-refractivity contribution in [1.82, 2.24) is 14.5 Å². The fraction of sp³-hybridized carbons (Fsp3) is 0.176. The lowest BCUT2D eigenvalue weighted by molar-refractivity contribution is -0.137. The first-order valence-electron chi connectivity index (χ1n) is 7.92. The third-order valence-electron chi connectivity index (χ3n) is 4.03. The van der Waals surface area contributed by atoms with Gasteiger partial charge in [-0.25, -0.2) is 23.5 Å². The van der Waals surface area contributed by atoms with E-state index in [1.165, 1.54) is 18.5 Å². The molecule has 0 aliphatic heterocycles. The van der Waals surface area contributed by atoms with Crippen LogP contribution in [0.15, 0.2) is 47.9 Å². The molecule has 2 aromatic heterocycles. The number of primary sulfonamides is 1. The van der Waals surface area contributed by atoms with Gasteiger partial charge in [-0.15, -0.1) is 0 Å². The molecule has 0 unspecified atom stereocenters. The predicted molar refractivity (Wildman–Crippen MR) is 97.3 cm³/mol. The number of nitrogens with one attached hydrogen (secondary N) is 1. The summed E-state index contributed by atoms with van der Waals surface area (Å²) in [5.41, 5.74) is 0.627. The summed E-state index contributed by atoms with van der Waals surface area (Å²) < 4.78 is 64.2. The van der Waals surface area contributed by atoms with Gasteiger partial charge in [-0.1, -0.05) is 0 Å². The second-order valence-electron chi connectivity index (χ2n) is 6.13. The summed E-state index contributed by atoms with van der Waals surface area (Å²) in [5.74, 6) is -0.0465. The zero-order valence-electron chi connectivity index (χ0n) is 14.8. The van der Waals surface area contributed by atoms with Crippen LogP contribution in [0.1, 0.15) is 11.1 Å². The molecule has 0 radical (unpaired) electrons. The number of anilines is 2. The number of alkyl halides is 3. The Labute approximate surface area is 159 Å². The predicted octanol–water partition coefficient (Wildman–Crippen LogP) is 3.20. The van der Waals surface area contributed by atoms with Gasteiger partial charge < -0.3 is 9.88 Å². The van der Waals surface area contributed by atoms with Crippen molar-refractivity contribution in [3.05, 3.63) is 54.1 Å². The summed E-state index contributed by atoms with van der Waals surface area (Å²) in [6.07, 6.45) is -0.307. The topological polar surface area (TPSA) is 103 Å². The van der Waals surface area contributed by atoms with Crippen molar-refractivity contribution in [3.63, 3.8) is 0 Å². The zero-order chi connectivity index (χ0) is 20.7. The van der Waals surface area contributed by atoms with Crippen molar-refractivity contribution in [3.8, 4) is 11.3 Å². The van der Waals surface area contributed by atoms with Crippen LogP contribution in [-0.2, 0) is 23.2 Å². The molecule has 1 aromatic carbocycles. The Kier molecular flexibility index (Phi) is 4.90. The van der Waals surface area contributed by atoms with Crippen molar-refractivity contribution in [2.24, 2.45) is 12.2 Å². The monoisotopic (exact) mass is 411 g/mol. The third kappa shape index (κ3) is 3.99. The number of pyridine rings is 1. The van der Waals surface area contributed by atoms with Crippen molar-refractivity contribution in [2.45, 2.75) is 18.0 Å². The first-order chi connectivity index (χ1) is 13.0. The number of halogens is 3. The average molecular weight is 411 g/mol. The number of rotatable bonds is 4. The van der Waals surface area contributed by atoms with Crippen LogP contribution >= 0.6 is 0 Å². The van der Waals surface area contributed by atoms with Gasteiger partial charge in [-0.05, 0) is 36.8 Å². The molecule has 0 saturated heterocycles. The Morgan fingerprint density at radius 2 is 1.89 bits per heavy atom. The minimum absolute atomic E-state index is 0.0465. The van der Waals surface area contributed by atoms with Crippen molar-refractivity contribution < 1.29 is 21.6 Å². The molecule has 0 spiro atoms. The fourth-order valence-corrected chi connectivity index (χ4v) is 3.58. The number of nitrogens with zero attached hydrogens (tertiary/aromatic N) is 3. The lowest BCUT2D eigenvalue weighted by Crippen LogP contribution is -2.14. The number of aryl methyl sites for hydroxylation is 1. The molecule has 0 atom stereocenters. The van der Waals surface area contributed by atoms with Gasteiger partial charge in [0.05, 0.1) is 22.5 Å². The SMILES string of the molecule is Cc1c(S(N)(=O)=O)ccc(Nc2cc(C(F)(F)F)ccn2)c1-c1cn(C)cn1. The normalized spacial score (nSPS) is 12.2. The van der Waals surface area contributed by atoms with Crippen LogP contribution in [-0.4, -0.2) is 23.0 Å². The molecule has 0 aliphatic carbocycles. The van der Waals surface area contributed by atoms with Gasteiger partial charge in [0, 0.05) is 30.7 Å². The summed E-state index contributed by atoms with van der Waals surface area (Å²) in [5, 5.41) is 8.09. The van der Waals surface area contributed by atoms with Crippen molar-refractivity contribution >= 4 is 21.5 Å². The van der Waals surface area contributed by atoms with E-state index in [1.54, 1.807) is 24.7 Å². The van der Waals surface area contributed by atoms with Gasteiger partial charge in [0.25, 0.3) is 0 Å². The maximum Gasteiger partial charge on any atom is 0.416 e. The Hall–Kier alpha value is -2.92. The van der Waals surface area contributed by atoms with E-state index < -0.39 is 21.8 Å². The molecule has 3 aromatic rings. The highest BCUT2D eigenvalue weighted by atomic mass is 32.2. The standard InChI is InChI=1S/C17H16F3N5O2S/c1-10-14(28(21,26)27)4-3-12(16(10)13-8-25(2)9-23-13)24-15-7-11(5-6-22-15)17(18,19)20/h3-9H,1-2H3,(H,22,24)(H2,21,26,27). The average Bonchev–Trinajstić information content (AvgIpc) is 2.99. The molecular weight excluding hydrogens is 395 g/mol. The van der Waals surface area contributed by atoms with Crippen LogP contribution in [0.5, 0.6) is 0 Å². The minimum Gasteiger partial charge on any atom is -0.340 e. The van der Waals surface area contributed by atoms with Crippen molar-refractivity contribution in [2.75, 3.05) is 5.32 Å². The fourth-order valence-electron chi connectivity index (χ4n) is 2.79. The molecule has 7 nitrogen and oxygen atoms in total. The van der Waals surface area contributed by atoms with E-state index in [1.807, 2.05) is 0 Å². The number of aromatic nitrogens is 3. The van der Waals surface area contributed by atoms with E-state index in [2.05, 4.69) is 15.3 Å².